The number of aromatic nitrogens is 1. The number of nitrogens with zero attached hydrogens (tertiary/aromatic N) is 3. The van der Waals surface area contributed by atoms with E-state index in [1.807, 2.05) is 17.0 Å². The Kier molecular flexibility index (Phi) is 6.87. The van der Waals surface area contributed by atoms with Crippen molar-refractivity contribution in [3.8, 4) is 0 Å². The molecule has 128 valence electrons. The zero-order valence-corrected chi connectivity index (χ0v) is 14.9. The van der Waals surface area contributed by atoms with Gasteiger partial charge in [0.25, 0.3) is 5.91 Å². The van der Waals surface area contributed by atoms with Crippen molar-refractivity contribution in [2.45, 2.75) is 65.3 Å². The molecule has 23 heavy (non-hydrogen) atoms. The summed E-state index contributed by atoms with van der Waals surface area (Å²) < 4.78 is 0. The molecule has 0 aliphatic carbocycles. The van der Waals surface area contributed by atoms with Gasteiger partial charge < -0.3 is 9.80 Å². The average molecular weight is 317 g/mol. The predicted octanol–water partition coefficient (Wildman–Crippen LogP) is 4.11. The fourth-order valence-corrected chi connectivity index (χ4v) is 3.14. The van der Waals surface area contributed by atoms with Crippen LogP contribution in [0.3, 0.4) is 0 Å². The molecule has 0 saturated carbocycles. The first kappa shape index (κ1) is 17.8. The van der Waals surface area contributed by atoms with Crippen LogP contribution in [0.4, 0.5) is 5.82 Å². The molecule has 1 amide bonds. The largest absolute Gasteiger partial charge is 0.357 e. The minimum absolute atomic E-state index is 0.128. The van der Waals surface area contributed by atoms with E-state index in [9.17, 15) is 4.79 Å². The zero-order chi connectivity index (χ0) is 16.7. The first-order chi connectivity index (χ1) is 11.2. The first-order valence-corrected chi connectivity index (χ1v) is 9.19. The van der Waals surface area contributed by atoms with Crippen molar-refractivity contribution in [3.05, 3.63) is 23.9 Å². The van der Waals surface area contributed by atoms with Gasteiger partial charge in [0, 0.05) is 31.9 Å². The number of hydrogen-bond donors (Lipinski definition) is 0. The van der Waals surface area contributed by atoms with Crippen LogP contribution in [0, 0.1) is 0 Å². The van der Waals surface area contributed by atoms with Gasteiger partial charge in [0.1, 0.15) is 5.82 Å². The van der Waals surface area contributed by atoms with Gasteiger partial charge in [-0.05, 0) is 44.7 Å². The summed E-state index contributed by atoms with van der Waals surface area (Å²) in [5.74, 6) is 1.13. The summed E-state index contributed by atoms with van der Waals surface area (Å²) in [7, 11) is 0. The van der Waals surface area contributed by atoms with Crippen LogP contribution in [0.1, 0.15) is 69.7 Å². The number of rotatable bonds is 8. The molecule has 0 aromatic carbocycles. The molecule has 1 atom stereocenters. The zero-order valence-electron chi connectivity index (χ0n) is 14.9. The topological polar surface area (TPSA) is 36.4 Å². The highest BCUT2D eigenvalue weighted by Crippen LogP contribution is 2.20. The summed E-state index contributed by atoms with van der Waals surface area (Å²) in [6.45, 7) is 9.51. The number of unbranched alkanes of at least 4 members (excludes halogenated alkanes) is 2. The van der Waals surface area contributed by atoms with Crippen LogP contribution >= 0.6 is 0 Å². The van der Waals surface area contributed by atoms with E-state index in [-0.39, 0.29) is 5.91 Å². The maximum atomic E-state index is 12.6. The lowest BCUT2D eigenvalue weighted by atomic mass is 10.2. The Hall–Kier alpha value is -1.58. The van der Waals surface area contributed by atoms with E-state index in [1.54, 1.807) is 6.20 Å². The summed E-state index contributed by atoms with van der Waals surface area (Å²) in [6.07, 6.45) is 8.71. The number of likely N-dealkylation sites (tertiary alicyclic amines) is 1. The van der Waals surface area contributed by atoms with Crippen molar-refractivity contribution in [1.82, 2.24) is 9.88 Å². The summed E-state index contributed by atoms with van der Waals surface area (Å²) >= 11 is 0. The van der Waals surface area contributed by atoms with Gasteiger partial charge in [0.15, 0.2) is 0 Å². The highest BCUT2D eigenvalue weighted by Gasteiger charge is 2.26. The summed E-state index contributed by atoms with van der Waals surface area (Å²) in [5.41, 5.74) is 0.716. The maximum Gasteiger partial charge on any atom is 0.255 e. The number of amides is 1. The monoisotopic (exact) mass is 317 g/mol. The molecule has 1 aromatic heterocycles. The van der Waals surface area contributed by atoms with Gasteiger partial charge in [-0.25, -0.2) is 4.98 Å². The van der Waals surface area contributed by atoms with Crippen LogP contribution in [0.2, 0.25) is 0 Å². The van der Waals surface area contributed by atoms with Crippen molar-refractivity contribution < 1.29 is 4.79 Å². The van der Waals surface area contributed by atoms with Crippen molar-refractivity contribution in [2.24, 2.45) is 0 Å². The molecule has 0 N–H and O–H groups in total. The third-order valence-electron chi connectivity index (χ3n) is 4.70. The van der Waals surface area contributed by atoms with Crippen LogP contribution in [0.25, 0.3) is 0 Å². The van der Waals surface area contributed by atoms with Crippen molar-refractivity contribution in [2.75, 3.05) is 24.5 Å². The fraction of sp³-hybridized carbons (Fsp3) is 0.684. The standard InChI is InChI=1S/C19H31N3O/c1-4-6-12-21(13-7-5-2)18-11-10-17(15-20-18)19(23)22-14-8-9-16(22)3/h10-11,15-16H,4-9,12-14H2,1-3H3. The highest BCUT2D eigenvalue weighted by atomic mass is 16.2. The molecular formula is C19H31N3O. The Morgan fingerprint density at radius 1 is 1.26 bits per heavy atom. The quantitative estimate of drug-likeness (QED) is 0.724. The number of carbonyl (C=O) groups is 1. The van der Waals surface area contributed by atoms with E-state index in [2.05, 4.69) is 30.7 Å². The number of pyridine rings is 1. The summed E-state index contributed by atoms with van der Waals surface area (Å²) in [4.78, 5) is 21.5. The molecule has 1 fully saturated rings. The molecule has 2 heterocycles. The molecule has 0 radical (unpaired) electrons. The van der Waals surface area contributed by atoms with E-state index < -0.39 is 0 Å². The van der Waals surface area contributed by atoms with Crippen molar-refractivity contribution in [3.63, 3.8) is 0 Å². The van der Waals surface area contributed by atoms with Crippen LogP contribution in [0.15, 0.2) is 18.3 Å². The van der Waals surface area contributed by atoms with Crippen LogP contribution < -0.4 is 4.90 Å². The Balaban J connectivity index is 2.05. The number of anilines is 1. The molecule has 4 nitrogen and oxygen atoms in total. The molecule has 0 bridgehead atoms. The van der Waals surface area contributed by atoms with Gasteiger partial charge in [-0.3, -0.25) is 4.79 Å². The van der Waals surface area contributed by atoms with Crippen LogP contribution in [0.5, 0.6) is 0 Å². The Morgan fingerprint density at radius 2 is 1.96 bits per heavy atom. The second-order valence-electron chi connectivity index (χ2n) is 6.59. The highest BCUT2D eigenvalue weighted by molar-refractivity contribution is 5.94. The minimum atomic E-state index is 0.128. The van der Waals surface area contributed by atoms with E-state index in [0.29, 0.717) is 11.6 Å². The second kappa shape index (κ2) is 8.90. The third kappa shape index (κ3) is 4.69. The Bertz CT molecular complexity index is 478. The predicted molar refractivity (Wildman–Crippen MR) is 96.0 cm³/mol. The van der Waals surface area contributed by atoms with Crippen molar-refractivity contribution in [1.29, 1.82) is 0 Å². The van der Waals surface area contributed by atoms with Crippen LogP contribution in [-0.4, -0.2) is 41.5 Å². The van der Waals surface area contributed by atoms with Crippen molar-refractivity contribution >= 4 is 11.7 Å². The Morgan fingerprint density at radius 3 is 2.43 bits per heavy atom. The van der Waals surface area contributed by atoms with E-state index >= 15 is 0 Å². The molecule has 2 rings (SSSR count). The van der Waals surface area contributed by atoms with Gasteiger partial charge >= 0.3 is 0 Å². The molecule has 1 unspecified atom stereocenters. The van der Waals surface area contributed by atoms with Gasteiger partial charge in [0.05, 0.1) is 5.56 Å². The second-order valence-corrected chi connectivity index (χ2v) is 6.59. The van der Waals surface area contributed by atoms with Gasteiger partial charge in [-0.15, -0.1) is 0 Å². The molecular weight excluding hydrogens is 286 g/mol. The number of hydrogen-bond acceptors (Lipinski definition) is 3. The first-order valence-electron chi connectivity index (χ1n) is 9.19. The molecule has 1 aliphatic rings. The average Bonchev–Trinajstić information content (AvgIpc) is 3.00. The normalized spacial score (nSPS) is 17.5. The van der Waals surface area contributed by atoms with Gasteiger partial charge in [0.2, 0.25) is 0 Å². The molecule has 1 aliphatic heterocycles. The summed E-state index contributed by atoms with van der Waals surface area (Å²) in [5, 5.41) is 0. The maximum absolute atomic E-state index is 12.6. The minimum Gasteiger partial charge on any atom is -0.357 e. The lowest BCUT2D eigenvalue weighted by Crippen LogP contribution is -2.33. The van der Waals surface area contributed by atoms with Gasteiger partial charge in [-0.1, -0.05) is 26.7 Å². The third-order valence-corrected chi connectivity index (χ3v) is 4.70. The van der Waals surface area contributed by atoms with E-state index in [1.165, 1.54) is 25.7 Å². The molecule has 1 saturated heterocycles. The van der Waals surface area contributed by atoms with Crippen LogP contribution in [-0.2, 0) is 0 Å². The molecule has 4 heteroatoms. The van der Waals surface area contributed by atoms with E-state index in [0.717, 1.165) is 38.3 Å². The fourth-order valence-electron chi connectivity index (χ4n) is 3.14. The summed E-state index contributed by atoms with van der Waals surface area (Å²) in [6, 6.07) is 4.31. The van der Waals surface area contributed by atoms with Gasteiger partial charge in [-0.2, -0.15) is 0 Å². The lowest BCUT2D eigenvalue weighted by Gasteiger charge is -2.24. The molecule has 1 aromatic rings. The number of carbonyl (C=O) groups excluding carboxylic acids is 1. The van der Waals surface area contributed by atoms with E-state index in [4.69, 9.17) is 0 Å². The molecule has 0 spiro atoms. The SMILES string of the molecule is CCCCN(CCCC)c1ccc(C(=O)N2CCCC2C)cn1. The smallest absolute Gasteiger partial charge is 0.255 e. The Labute approximate surface area is 140 Å². The lowest BCUT2D eigenvalue weighted by molar-refractivity contribution is 0.0747.